The number of halogens is 3. The van der Waals surface area contributed by atoms with Crippen molar-refractivity contribution in [1.29, 1.82) is 0 Å². The predicted molar refractivity (Wildman–Crippen MR) is 62.7 cm³/mol. The van der Waals surface area contributed by atoms with Crippen LogP contribution < -0.4 is 5.73 Å². The molecule has 100 valence electrons. The van der Waals surface area contributed by atoms with E-state index in [1.807, 2.05) is 0 Å². The predicted octanol–water partition coefficient (Wildman–Crippen LogP) is 2.25. The molecule has 0 atom stereocenters. The fraction of sp³-hybridized carbons (Fsp3) is 0.182. The number of ketones is 1. The van der Waals surface area contributed by atoms with Crippen molar-refractivity contribution in [3.63, 3.8) is 0 Å². The number of nitrogens with zero attached hydrogens (tertiary/aromatic N) is 2. The zero-order valence-corrected chi connectivity index (χ0v) is 10.3. The largest absolute Gasteiger partial charge is 0.417 e. The number of hydrogen-bond acceptors (Lipinski definition) is 5. The third-order valence-corrected chi connectivity index (χ3v) is 3.20. The van der Waals surface area contributed by atoms with Gasteiger partial charge >= 0.3 is 6.18 Å². The SMILES string of the molecule is NCc1nc(C(=O)c2cnccc2C(F)(F)F)cs1. The van der Waals surface area contributed by atoms with Crippen LogP contribution in [-0.4, -0.2) is 15.8 Å². The second-order valence-corrected chi connectivity index (χ2v) is 4.52. The molecule has 0 radical (unpaired) electrons. The molecule has 0 aromatic carbocycles. The van der Waals surface area contributed by atoms with E-state index in [1.165, 1.54) is 5.38 Å². The van der Waals surface area contributed by atoms with Gasteiger partial charge in [0.15, 0.2) is 0 Å². The number of pyridine rings is 1. The van der Waals surface area contributed by atoms with Gasteiger partial charge in [-0.25, -0.2) is 4.98 Å². The van der Waals surface area contributed by atoms with Gasteiger partial charge in [0.05, 0.1) is 11.1 Å². The van der Waals surface area contributed by atoms with Crippen LogP contribution in [-0.2, 0) is 12.7 Å². The quantitative estimate of drug-likeness (QED) is 0.879. The Hall–Kier alpha value is -1.80. The van der Waals surface area contributed by atoms with Crippen LogP contribution in [0.4, 0.5) is 13.2 Å². The first kappa shape index (κ1) is 13.6. The Labute approximate surface area is 110 Å². The molecule has 0 saturated heterocycles. The third-order valence-electron chi connectivity index (χ3n) is 2.33. The van der Waals surface area contributed by atoms with E-state index in [1.54, 1.807) is 0 Å². The minimum atomic E-state index is -4.61. The van der Waals surface area contributed by atoms with Crippen molar-refractivity contribution in [1.82, 2.24) is 9.97 Å². The highest BCUT2D eigenvalue weighted by Crippen LogP contribution is 2.32. The van der Waals surface area contributed by atoms with Crippen molar-refractivity contribution in [3.05, 3.63) is 45.7 Å². The molecule has 2 rings (SSSR count). The number of carbonyl (C=O) groups is 1. The molecule has 0 saturated carbocycles. The lowest BCUT2D eigenvalue weighted by Gasteiger charge is -2.10. The molecule has 0 amide bonds. The van der Waals surface area contributed by atoms with Crippen LogP contribution in [0.1, 0.15) is 26.6 Å². The normalized spacial score (nSPS) is 11.6. The third kappa shape index (κ3) is 2.79. The molecular formula is C11H8F3N3OS. The Morgan fingerprint density at radius 2 is 2.16 bits per heavy atom. The van der Waals surface area contributed by atoms with E-state index in [9.17, 15) is 18.0 Å². The smallest absolute Gasteiger partial charge is 0.325 e. The highest BCUT2D eigenvalue weighted by Gasteiger charge is 2.35. The van der Waals surface area contributed by atoms with Crippen LogP contribution in [0.3, 0.4) is 0 Å². The Morgan fingerprint density at radius 3 is 2.74 bits per heavy atom. The van der Waals surface area contributed by atoms with Crippen molar-refractivity contribution in [2.24, 2.45) is 5.73 Å². The van der Waals surface area contributed by atoms with Crippen molar-refractivity contribution in [2.45, 2.75) is 12.7 Å². The van der Waals surface area contributed by atoms with Crippen molar-refractivity contribution in [3.8, 4) is 0 Å². The summed E-state index contributed by atoms with van der Waals surface area (Å²) in [7, 11) is 0. The molecule has 0 spiro atoms. The summed E-state index contributed by atoms with van der Waals surface area (Å²) in [5.41, 5.74) is 3.76. The average Bonchev–Trinajstić information content (AvgIpc) is 2.85. The summed E-state index contributed by atoms with van der Waals surface area (Å²) in [5, 5.41) is 1.87. The number of alkyl halides is 3. The van der Waals surface area contributed by atoms with Crippen LogP contribution in [0.2, 0.25) is 0 Å². The minimum absolute atomic E-state index is 0.0519. The van der Waals surface area contributed by atoms with Crippen LogP contribution in [0.15, 0.2) is 23.8 Å². The van der Waals surface area contributed by atoms with Gasteiger partial charge in [-0.05, 0) is 6.07 Å². The Balaban J connectivity index is 2.44. The monoisotopic (exact) mass is 287 g/mol. The van der Waals surface area contributed by atoms with E-state index in [4.69, 9.17) is 5.73 Å². The van der Waals surface area contributed by atoms with Crippen LogP contribution >= 0.6 is 11.3 Å². The lowest BCUT2D eigenvalue weighted by atomic mass is 10.0. The van der Waals surface area contributed by atoms with Gasteiger partial charge in [0.2, 0.25) is 5.78 Å². The highest BCUT2D eigenvalue weighted by molar-refractivity contribution is 7.09. The Morgan fingerprint density at radius 1 is 1.42 bits per heavy atom. The maximum atomic E-state index is 12.8. The zero-order valence-electron chi connectivity index (χ0n) is 9.44. The molecule has 2 aromatic rings. The van der Waals surface area contributed by atoms with Gasteiger partial charge in [-0.2, -0.15) is 13.2 Å². The molecular weight excluding hydrogens is 279 g/mol. The van der Waals surface area contributed by atoms with Crippen LogP contribution in [0.25, 0.3) is 0 Å². The summed E-state index contributed by atoms with van der Waals surface area (Å²) in [4.78, 5) is 19.4. The molecule has 0 unspecified atom stereocenters. The maximum absolute atomic E-state index is 12.8. The fourth-order valence-corrected chi connectivity index (χ4v) is 2.12. The number of aromatic nitrogens is 2. The fourth-order valence-electron chi connectivity index (χ4n) is 1.47. The first-order chi connectivity index (χ1) is 8.93. The summed E-state index contributed by atoms with van der Waals surface area (Å²) in [6, 6.07) is 0.767. The Kier molecular flexibility index (Phi) is 3.63. The first-order valence-corrected chi connectivity index (χ1v) is 6.02. The zero-order chi connectivity index (χ0) is 14.0. The highest BCUT2D eigenvalue weighted by atomic mass is 32.1. The standard InChI is InChI=1S/C11H8F3N3OS/c12-11(13,14)7-1-2-16-4-6(7)10(18)8-5-19-9(3-15)17-8/h1-2,4-5H,3,15H2. The minimum Gasteiger partial charge on any atom is -0.325 e. The second kappa shape index (κ2) is 5.06. The van der Waals surface area contributed by atoms with Gasteiger partial charge in [-0.1, -0.05) is 0 Å². The van der Waals surface area contributed by atoms with Gasteiger partial charge in [0, 0.05) is 24.3 Å². The number of carbonyl (C=O) groups excluding carboxylic acids is 1. The molecule has 19 heavy (non-hydrogen) atoms. The summed E-state index contributed by atoms with van der Waals surface area (Å²) in [6.07, 6.45) is -2.72. The van der Waals surface area contributed by atoms with E-state index in [0.717, 1.165) is 29.8 Å². The van der Waals surface area contributed by atoms with Crippen LogP contribution in [0.5, 0.6) is 0 Å². The number of hydrogen-bond donors (Lipinski definition) is 1. The van der Waals surface area contributed by atoms with Crippen molar-refractivity contribution < 1.29 is 18.0 Å². The Bertz CT molecular complexity index is 609. The lowest BCUT2D eigenvalue weighted by molar-refractivity contribution is -0.137. The molecule has 2 aromatic heterocycles. The molecule has 0 aliphatic carbocycles. The molecule has 0 aliphatic heterocycles. The van der Waals surface area contributed by atoms with Crippen LogP contribution in [0, 0.1) is 0 Å². The topological polar surface area (TPSA) is 68.9 Å². The van der Waals surface area contributed by atoms with E-state index >= 15 is 0 Å². The van der Waals surface area contributed by atoms with Gasteiger partial charge in [-0.15, -0.1) is 11.3 Å². The molecule has 0 fully saturated rings. The molecule has 0 aliphatic rings. The molecule has 8 heteroatoms. The van der Waals surface area contributed by atoms with E-state index in [2.05, 4.69) is 9.97 Å². The second-order valence-electron chi connectivity index (χ2n) is 3.58. The van der Waals surface area contributed by atoms with Gasteiger partial charge in [0.1, 0.15) is 10.7 Å². The first-order valence-electron chi connectivity index (χ1n) is 5.14. The van der Waals surface area contributed by atoms with Gasteiger partial charge in [0.25, 0.3) is 0 Å². The average molecular weight is 287 g/mol. The number of nitrogens with two attached hydrogens (primary N) is 1. The number of thiazole rings is 1. The molecule has 2 heterocycles. The summed E-state index contributed by atoms with van der Waals surface area (Å²) in [6.45, 7) is 0.136. The maximum Gasteiger partial charge on any atom is 0.417 e. The number of rotatable bonds is 3. The summed E-state index contributed by atoms with van der Waals surface area (Å²) >= 11 is 1.13. The molecule has 2 N–H and O–H groups in total. The molecule has 0 bridgehead atoms. The van der Waals surface area contributed by atoms with Gasteiger partial charge < -0.3 is 5.73 Å². The summed E-state index contributed by atoms with van der Waals surface area (Å²) < 4.78 is 38.3. The van der Waals surface area contributed by atoms with E-state index in [-0.39, 0.29) is 12.2 Å². The van der Waals surface area contributed by atoms with E-state index in [0.29, 0.717) is 5.01 Å². The summed E-state index contributed by atoms with van der Waals surface area (Å²) in [5.74, 6) is -0.809. The molecule has 4 nitrogen and oxygen atoms in total. The van der Waals surface area contributed by atoms with Gasteiger partial charge in [-0.3, -0.25) is 9.78 Å². The lowest BCUT2D eigenvalue weighted by Crippen LogP contribution is -2.14. The van der Waals surface area contributed by atoms with Crippen molar-refractivity contribution in [2.75, 3.05) is 0 Å². The van der Waals surface area contributed by atoms with Crippen molar-refractivity contribution >= 4 is 17.1 Å². The van der Waals surface area contributed by atoms with E-state index < -0.39 is 23.1 Å².